The van der Waals surface area contributed by atoms with Gasteiger partial charge in [0.2, 0.25) is 5.91 Å². The van der Waals surface area contributed by atoms with Gasteiger partial charge in [-0.15, -0.1) is 12.4 Å². The number of nitrogens with one attached hydrogen (secondary N) is 2. The molecule has 2 amide bonds. The molecule has 6 nitrogen and oxygen atoms in total. The number of para-hydroxylation sites is 1. The quantitative estimate of drug-likeness (QED) is 0.565. The van der Waals surface area contributed by atoms with Gasteiger partial charge in [0.15, 0.2) is 6.61 Å². The fourth-order valence-electron chi connectivity index (χ4n) is 1.84. The molecule has 1 atom stereocenters. The summed E-state index contributed by atoms with van der Waals surface area (Å²) >= 11 is 1.62. The van der Waals surface area contributed by atoms with Gasteiger partial charge in [-0.25, -0.2) is 0 Å². The van der Waals surface area contributed by atoms with Crippen LogP contribution in [0, 0.1) is 0 Å². The highest BCUT2D eigenvalue weighted by Crippen LogP contribution is 2.08. The molecule has 4 N–H and O–H groups in total. The lowest BCUT2D eigenvalue weighted by Crippen LogP contribution is -2.52. The second-order valence-electron chi connectivity index (χ2n) is 6.21. The summed E-state index contributed by atoms with van der Waals surface area (Å²) in [6.07, 6.45) is 2.51. The van der Waals surface area contributed by atoms with Crippen LogP contribution in [0.1, 0.15) is 20.3 Å². The summed E-state index contributed by atoms with van der Waals surface area (Å²) in [6.45, 7) is 3.88. The van der Waals surface area contributed by atoms with Crippen molar-refractivity contribution in [2.75, 3.05) is 25.2 Å². The molecule has 0 bridgehead atoms. The second-order valence-corrected chi connectivity index (χ2v) is 7.20. The maximum absolute atomic E-state index is 12.3. The fraction of sp³-hybridized carbons (Fsp3) is 0.529. The number of hydrogen-bond acceptors (Lipinski definition) is 5. The van der Waals surface area contributed by atoms with Gasteiger partial charge in [0, 0.05) is 12.1 Å². The van der Waals surface area contributed by atoms with Crippen LogP contribution in [-0.4, -0.2) is 48.6 Å². The molecule has 0 aliphatic carbocycles. The maximum atomic E-state index is 12.3. The molecule has 8 heteroatoms. The first kappa shape index (κ1) is 23.6. The van der Waals surface area contributed by atoms with Crippen molar-refractivity contribution in [1.82, 2.24) is 10.6 Å². The standard InChI is InChI=1S/C17H27N3O3S.ClH/c1-17(2,18)12-19-16(22)14(9-10-24-3)20-15(21)11-23-13-7-5-4-6-8-13;/h4-8,14H,9-12,18H2,1-3H3,(H,19,22)(H,20,21);1H. The zero-order chi connectivity index (χ0) is 18.0. The number of benzene rings is 1. The molecule has 25 heavy (non-hydrogen) atoms. The van der Waals surface area contributed by atoms with Crippen molar-refractivity contribution >= 4 is 36.0 Å². The van der Waals surface area contributed by atoms with E-state index in [4.69, 9.17) is 10.5 Å². The summed E-state index contributed by atoms with van der Waals surface area (Å²) in [7, 11) is 0. The van der Waals surface area contributed by atoms with Gasteiger partial charge in [-0.2, -0.15) is 11.8 Å². The van der Waals surface area contributed by atoms with E-state index >= 15 is 0 Å². The highest BCUT2D eigenvalue weighted by Gasteiger charge is 2.22. The number of amides is 2. The van der Waals surface area contributed by atoms with Gasteiger partial charge in [0.1, 0.15) is 11.8 Å². The lowest BCUT2D eigenvalue weighted by atomic mass is 10.1. The number of rotatable bonds is 10. The van der Waals surface area contributed by atoms with Gasteiger partial charge >= 0.3 is 0 Å². The Morgan fingerprint density at radius 2 is 1.92 bits per heavy atom. The Morgan fingerprint density at radius 3 is 2.48 bits per heavy atom. The molecule has 0 aromatic heterocycles. The van der Waals surface area contributed by atoms with Crippen molar-refractivity contribution in [2.45, 2.75) is 31.8 Å². The monoisotopic (exact) mass is 389 g/mol. The van der Waals surface area contributed by atoms with Crippen LogP contribution in [0.3, 0.4) is 0 Å². The van der Waals surface area contributed by atoms with Crippen LogP contribution in [-0.2, 0) is 9.59 Å². The van der Waals surface area contributed by atoms with E-state index in [-0.39, 0.29) is 30.8 Å². The van der Waals surface area contributed by atoms with E-state index in [2.05, 4.69) is 10.6 Å². The molecular formula is C17H28ClN3O3S. The lowest BCUT2D eigenvalue weighted by Gasteiger charge is -2.23. The number of thioether (sulfide) groups is 1. The Labute approximate surface area is 160 Å². The average molecular weight is 390 g/mol. The number of nitrogens with two attached hydrogens (primary N) is 1. The maximum Gasteiger partial charge on any atom is 0.258 e. The van der Waals surface area contributed by atoms with Crippen LogP contribution in [0.5, 0.6) is 5.75 Å². The first-order valence-electron chi connectivity index (χ1n) is 7.84. The van der Waals surface area contributed by atoms with Crippen molar-refractivity contribution in [1.29, 1.82) is 0 Å². The minimum absolute atomic E-state index is 0. The average Bonchev–Trinajstić information content (AvgIpc) is 2.54. The molecule has 0 heterocycles. The first-order chi connectivity index (χ1) is 11.3. The van der Waals surface area contributed by atoms with Crippen LogP contribution in [0.4, 0.5) is 0 Å². The molecule has 0 aliphatic heterocycles. The Hall–Kier alpha value is -1.44. The van der Waals surface area contributed by atoms with E-state index in [1.54, 1.807) is 23.9 Å². The molecule has 0 saturated carbocycles. The van der Waals surface area contributed by atoms with Crippen LogP contribution < -0.4 is 21.1 Å². The van der Waals surface area contributed by atoms with E-state index in [0.717, 1.165) is 5.75 Å². The molecule has 1 aromatic rings. The first-order valence-corrected chi connectivity index (χ1v) is 9.24. The predicted octanol–water partition coefficient (Wildman–Crippen LogP) is 1.58. The predicted molar refractivity (Wildman–Crippen MR) is 105 cm³/mol. The van der Waals surface area contributed by atoms with Crippen molar-refractivity contribution in [3.8, 4) is 5.75 Å². The third kappa shape index (κ3) is 10.9. The molecule has 0 radical (unpaired) electrons. The van der Waals surface area contributed by atoms with Crippen molar-refractivity contribution in [3.05, 3.63) is 30.3 Å². The summed E-state index contributed by atoms with van der Waals surface area (Å²) in [5.74, 6) is 0.828. The van der Waals surface area contributed by atoms with Gasteiger partial charge in [-0.3, -0.25) is 9.59 Å². The van der Waals surface area contributed by atoms with Gasteiger partial charge in [0.05, 0.1) is 0 Å². The zero-order valence-electron chi connectivity index (χ0n) is 14.9. The molecule has 0 fully saturated rings. The summed E-state index contributed by atoms with van der Waals surface area (Å²) < 4.78 is 5.40. The SMILES string of the molecule is CSCCC(NC(=O)COc1ccccc1)C(=O)NCC(C)(C)N.Cl. The summed E-state index contributed by atoms with van der Waals surface area (Å²) in [4.78, 5) is 24.3. The van der Waals surface area contributed by atoms with E-state index in [9.17, 15) is 9.59 Å². The highest BCUT2D eigenvalue weighted by molar-refractivity contribution is 7.98. The lowest BCUT2D eigenvalue weighted by molar-refractivity contribution is -0.130. The summed E-state index contributed by atoms with van der Waals surface area (Å²) in [5.41, 5.74) is 5.37. The largest absolute Gasteiger partial charge is 0.484 e. The van der Waals surface area contributed by atoms with E-state index in [0.29, 0.717) is 18.7 Å². The number of ether oxygens (including phenoxy) is 1. The molecule has 0 spiro atoms. The second kappa shape index (κ2) is 12.0. The molecule has 142 valence electrons. The minimum atomic E-state index is -0.591. The normalized spacial score (nSPS) is 11.8. The minimum Gasteiger partial charge on any atom is -0.484 e. The van der Waals surface area contributed by atoms with Gasteiger partial charge < -0.3 is 21.1 Å². The van der Waals surface area contributed by atoms with E-state index in [1.165, 1.54) is 0 Å². The molecule has 1 aromatic carbocycles. The van der Waals surface area contributed by atoms with Crippen LogP contribution in [0.2, 0.25) is 0 Å². The summed E-state index contributed by atoms with van der Waals surface area (Å²) in [6, 6.07) is 8.48. The van der Waals surface area contributed by atoms with E-state index in [1.807, 2.05) is 38.3 Å². The molecule has 1 rings (SSSR count). The highest BCUT2D eigenvalue weighted by atomic mass is 35.5. The smallest absolute Gasteiger partial charge is 0.258 e. The van der Waals surface area contributed by atoms with Gasteiger partial charge in [-0.05, 0) is 44.4 Å². The van der Waals surface area contributed by atoms with Crippen LogP contribution >= 0.6 is 24.2 Å². The molecule has 0 saturated heterocycles. The number of carbonyl (C=O) groups is 2. The zero-order valence-corrected chi connectivity index (χ0v) is 16.5. The van der Waals surface area contributed by atoms with Crippen molar-refractivity contribution in [2.24, 2.45) is 5.73 Å². The van der Waals surface area contributed by atoms with Crippen molar-refractivity contribution < 1.29 is 14.3 Å². The Morgan fingerprint density at radius 1 is 1.28 bits per heavy atom. The fourth-order valence-corrected chi connectivity index (χ4v) is 2.32. The van der Waals surface area contributed by atoms with Crippen LogP contribution in [0.25, 0.3) is 0 Å². The molecular weight excluding hydrogens is 362 g/mol. The Balaban J connectivity index is 0.00000576. The number of hydrogen-bond donors (Lipinski definition) is 3. The Kier molecular flexibility index (Phi) is 11.3. The van der Waals surface area contributed by atoms with Crippen molar-refractivity contribution in [3.63, 3.8) is 0 Å². The van der Waals surface area contributed by atoms with Gasteiger partial charge in [0.25, 0.3) is 5.91 Å². The summed E-state index contributed by atoms with van der Waals surface area (Å²) in [5, 5.41) is 5.51. The van der Waals surface area contributed by atoms with Gasteiger partial charge in [-0.1, -0.05) is 18.2 Å². The molecule has 1 unspecified atom stereocenters. The topological polar surface area (TPSA) is 93.4 Å². The number of halogens is 1. The van der Waals surface area contributed by atoms with Crippen LogP contribution in [0.15, 0.2) is 30.3 Å². The third-order valence-corrected chi connectivity index (χ3v) is 3.74. The third-order valence-electron chi connectivity index (χ3n) is 3.09. The van der Waals surface area contributed by atoms with E-state index < -0.39 is 11.6 Å². The molecule has 0 aliphatic rings. The number of carbonyl (C=O) groups excluding carboxylic acids is 2. The Bertz CT molecular complexity index is 524.